The van der Waals surface area contributed by atoms with Crippen LogP contribution in [0.5, 0.6) is 0 Å². The summed E-state index contributed by atoms with van der Waals surface area (Å²) < 4.78 is 29.2. The van der Waals surface area contributed by atoms with E-state index in [1.54, 1.807) is 29.9 Å². The Morgan fingerprint density at radius 3 is 2.45 bits per heavy atom. The van der Waals surface area contributed by atoms with E-state index in [0.717, 1.165) is 12.6 Å². The predicted octanol–water partition coefficient (Wildman–Crippen LogP) is 3.70. The van der Waals surface area contributed by atoms with E-state index in [9.17, 15) is 13.6 Å². The van der Waals surface area contributed by atoms with Crippen LogP contribution in [0, 0.1) is 13.8 Å². The van der Waals surface area contributed by atoms with Crippen molar-refractivity contribution in [3.63, 3.8) is 0 Å². The number of rotatable bonds is 5. The van der Waals surface area contributed by atoms with Gasteiger partial charge in [-0.3, -0.25) is 9.48 Å². The number of hydrogen-bond donors (Lipinski definition) is 2. The molecule has 0 bridgehead atoms. The second-order valence-electron chi connectivity index (χ2n) is 6.82. The number of hydrogen-bond acceptors (Lipinski definition) is 6. The predicted molar refractivity (Wildman–Crippen MR) is 105 cm³/mol. The van der Waals surface area contributed by atoms with Crippen LogP contribution in [0.4, 0.5) is 26.1 Å². The number of carbonyl (C=O) groups is 1. The fraction of sp³-hybridized carbons (Fsp3) is 0.316. The highest BCUT2D eigenvalue weighted by atomic mass is 19.3. The molecule has 0 aliphatic carbocycles. The van der Waals surface area contributed by atoms with Gasteiger partial charge in [0, 0.05) is 56.2 Å². The molecule has 29 heavy (non-hydrogen) atoms. The maximum Gasteiger partial charge on any atom is 0.303 e. The smallest absolute Gasteiger partial charge is 0.303 e. The Bertz CT molecular complexity index is 1050. The van der Waals surface area contributed by atoms with Crippen LogP contribution in [0.25, 0.3) is 11.3 Å². The van der Waals surface area contributed by atoms with Crippen LogP contribution < -0.4 is 10.6 Å². The summed E-state index contributed by atoms with van der Waals surface area (Å²) in [5.74, 6) is -3.53. The van der Waals surface area contributed by atoms with Crippen molar-refractivity contribution >= 4 is 23.2 Å². The monoisotopic (exact) mass is 401 g/mol. The number of carbonyl (C=O) groups excluding carboxylic acids is 1. The topological polar surface area (TPSA) is 97.6 Å². The van der Waals surface area contributed by atoms with Crippen LogP contribution in [0.3, 0.4) is 0 Å². The average molecular weight is 401 g/mol. The summed E-state index contributed by atoms with van der Waals surface area (Å²) in [7, 11) is 1.81. The second kappa shape index (κ2) is 7.53. The number of halogens is 2. The van der Waals surface area contributed by atoms with E-state index in [2.05, 4.69) is 30.7 Å². The van der Waals surface area contributed by atoms with E-state index in [1.807, 2.05) is 20.0 Å². The summed E-state index contributed by atoms with van der Waals surface area (Å²) in [6.07, 6.45) is 1.55. The van der Waals surface area contributed by atoms with Gasteiger partial charge in [-0.25, -0.2) is 15.0 Å². The summed E-state index contributed by atoms with van der Waals surface area (Å²) in [4.78, 5) is 23.4. The van der Waals surface area contributed by atoms with Gasteiger partial charge in [0.2, 0.25) is 11.7 Å². The standard InChI is InChI=1S/C19H21F2N7O/c1-10-6-17(26-18(23-10)19(4,20)21)25-14-8-16(24-12(3)29)22-9-13(14)15-7-11(2)28(5)27-15/h6-9H,1-5H3,(H2,22,23,24,25,26,29). The van der Waals surface area contributed by atoms with Gasteiger partial charge in [-0.05, 0) is 19.9 Å². The molecule has 3 aromatic rings. The van der Waals surface area contributed by atoms with Gasteiger partial charge in [0.1, 0.15) is 11.6 Å². The van der Waals surface area contributed by atoms with Gasteiger partial charge < -0.3 is 10.6 Å². The van der Waals surface area contributed by atoms with Crippen LogP contribution in [0.1, 0.15) is 31.1 Å². The molecule has 0 atom stereocenters. The Morgan fingerprint density at radius 1 is 1.14 bits per heavy atom. The van der Waals surface area contributed by atoms with Crippen molar-refractivity contribution in [2.45, 2.75) is 33.6 Å². The van der Waals surface area contributed by atoms with Gasteiger partial charge in [-0.1, -0.05) is 0 Å². The highest BCUT2D eigenvalue weighted by Crippen LogP contribution is 2.32. The minimum absolute atomic E-state index is 0.197. The summed E-state index contributed by atoms with van der Waals surface area (Å²) in [5, 5.41) is 10.1. The fourth-order valence-corrected chi connectivity index (χ4v) is 2.67. The van der Waals surface area contributed by atoms with Gasteiger partial charge in [0.05, 0.1) is 11.4 Å². The first-order valence-electron chi connectivity index (χ1n) is 8.82. The first kappa shape index (κ1) is 20.3. The Morgan fingerprint density at radius 2 is 1.86 bits per heavy atom. The molecule has 1 amide bonds. The number of amides is 1. The molecule has 0 saturated carbocycles. The van der Waals surface area contributed by atoms with Gasteiger partial charge in [-0.15, -0.1) is 0 Å². The van der Waals surface area contributed by atoms with Gasteiger partial charge in [0.25, 0.3) is 0 Å². The Kier molecular flexibility index (Phi) is 5.27. The lowest BCUT2D eigenvalue weighted by Gasteiger charge is -2.15. The molecule has 0 aliphatic rings. The third kappa shape index (κ3) is 4.71. The first-order valence-corrected chi connectivity index (χ1v) is 8.82. The third-order valence-corrected chi connectivity index (χ3v) is 4.11. The minimum Gasteiger partial charge on any atom is -0.339 e. The second-order valence-corrected chi connectivity index (χ2v) is 6.82. The summed E-state index contributed by atoms with van der Waals surface area (Å²) >= 11 is 0. The molecular weight excluding hydrogens is 380 g/mol. The largest absolute Gasteiger partial charge is 0.339 e. The lowest BCUT2D eigenvalue weighted by atomic mass is 10.1. The highest BCUT2D eigenvalue weighted by molar-refractivity contribution is 5.89. The number of nitrogens with one attached hydrogen (secondary N) is 2. The third-order valence-electron chi connectivity index (χ3n) is 4.11. The van der Waals surface area contributed by atoms with Crippen molar-refractivity contribution in [1.82, 2.24) is 24.7 Å². The number of pyridine rings is 1. The summed E-state index contributed by atoms with van der Waals surface area (Å²) in [6, 6.07) is 5.03. The number of aromatic nitrogens is 5. The number of nitrogens with zero attached hydrogens (tertiary/aromatic N) is 5. The van der Waals surface area contributed by atoms with Crippen molar-refractivity contribution < 1.29 is 13.6 Å². The zero-order valence-electron chi connectivity index (χ0n) is 16.7. The number of alkyl halides is 2. The van der Waals surface area contributed by atoms with E-state index in [1.165, 1.54) is 6.92 Å². The normalized spacial score (nSPS) is 11.4. The van der Waals surface area contributed by atoms with Gasteiger partial charge in [-0.2, -0.15) is 13.9 Å². The zero-order chi connectivity index (χ0) is 21.3. The van der Waals surface area contributed by atoms with E-state index in [-0.39, 0.29) is 11.7 Å². The Labute approximate surface area is 166 Å². The molecule has 0 radical (unpaired) electrons. The van der Waals surface area contributed by atoms with Crippen molar-refractivity contribution in [2.75, 3.05) is 10.6 Å². The molecule has 3 aromatic heterocycles. The maximum absolute atomic E-state index is 13.7. The van der Waals surface area contributed by atoms with E-state index in [4.69, 9.17) is 0 Å². The molecule has 0 unspecified atom stereocenters. The van der Waals surface area contributed by atoms with Crippen LogP contribution >= 0.6 is 0 Å². The Balaban J connectivity index is 2.08. The highest BCUT2D eigenvalue weighted by Gasteiger charge is 2.29. The molecule has 0 fully saturated rings. The van der Waals surface area contributed by atoms with Crippen LogP contribution in [-0.2, 0) is 17.8 Å². The molecule has 2 N–H and O–H groups in total. The fourth-order valence-electron chi connectivity index (χ4n) is 2.67. The van der Waals surface area contributed by atoms with Crippen molar-refractivity contribution in [3.05, 3.63) is 41.6 Å². The molecular formula is C19H21F2N7O. The summed E-state index contributed by atoms with van der Waals surface area (Å²) in [5.41, 5.74) is 3.10. The first-order chi connectivity index (χ1) is 13.5. The van der Waals surface area contributed by atoms with Crippen molar-refractivity contribution in [3.8, 4) is 11.3 Å². The minimum atomic E-state index is -3.18. The lowest BCUT2D eigenvalue weighted by Crippen LogP contribution is -2.14. The molecule has 3 rings (SSSR count). The Hall–Kier alpha value is -3.43. The van der Waals surface area contributed by atoms with E-state index < -0.39 is 11.7 Å². The molecule has 152 valence electrons. The molecule has 3 heterocycles. The zero-order valence-corrected chi connectivity index (χ0v) is 16.7. The van der Waals surface area contributed by atoms with E-state index in [0.29, 0.717) is 28.5 Å². The molecule has 0 aliphatic heterocycles. The van der Waals surface area contributed by atoms with Gasteiger partial charge in [0.15, 0.2) is 0 Å². The van der Waals surface area contributed by atoms with Gasteiger partial charge >= 0.3 is 5.92 Å². The van der Waals surface area contributed by atoms with Crippen LogP contribution in [-0.4, -0.2) is 30.6 Å². The molecule has 0 spiro atoms. The lowest BCUT2D eigenvalue weighted by molar-refractivity contribution is -0.114. The summed E-state index contributed by atoms with van der Waals surface area (Å²) in [6.45, 7) is 5.63. The molecule has 0 aromatic carbocycles. The van der Waals surface area contributed by atoms with Crippen LogP contribution in [0.2, 0.25) is 0 Å². The van der Waals surface area contributed by atoms with Crippen LogP contribution in [0.15, 0.2) is 24.4 Å². The molecule has 8 nitrogen and oxygen atoms in total. The SMILES string of the molecule is CC(=O)Nc1cc(Nc2cc(C)nc(C(C)(F)F)n2)c(-c2cc(C)n(C)n2)cn1. The van der Waals surface area contributed by atoms with Crippen molar-refractivity contribution in [1.29, 1.82) is 0 Å². The van der Waals surface area contributed by atoms with Crippen molar-refractivity contribution in [2.24, 2.45) is 7.05 Å². The molecule has 10 heteroatoms. The maximum atomic E-state index is 13.7. The quantitative estimate of drug-likeness (QED) is 0.677. The average Bonchev–Trinajstić information content (AvgIpc) is 2.92. The number of aryl methyl sites for hydroxylation is 3. The number of anilines is 3. The van der Waals surface area contributed by atoms with E-state index >= 15 is 0 Å². The molecule has 0 saturated heterocycles.